The highest BCUT2D eigenvalue weighted by Crippen LogP contribution is 2.25. The van der Waals surface area contributed by atoms with E-state index in [9.17, 15) is 4.79 Å². The van der Waals surface area contributed by atoms with Gasteiger partial charge in [0.05, 0.1) is 0 Å². The van der Waals surface area contributed by atoms with Gasteiger partial charge in [0.15, 0.2) is 0 Å². The summed E-state index contributed by atoms with van der Waals surface area (Å²) in [6, 6.07) is 7.92. The van der Waals surface area contributed by atoms with Gasteiger partial charge in [0, 0.05) is 55.3 Å². The molecule has 0 unspecified atom stereocenters. The number of hydrogen-bond acceptors (Lipinski definition) is 4. The molecule has 0 atom stereocenters. The molecule has 1 amide bonds. The van der Waals surface area contributed by atoms with Crippen molar-refractivity contribution in [2.24, 2.45) is 0 Å². The Labute approximate surface area is 160 Å². The summed E-state index contributed by atoms with van der Waals surface area (Å²) in [4.78, 5) is 25.5. The molecule has 5 nitrogen and oxygen atoms in total. The zero-order valence-electron chi connectivity index (χ0n) is 15.6. The molecule has 0 N–H and O–H groups in total. The number of anilines is 1. The van der Waals surface area contributed by atoms with E-state index in [2.05, 4.69) is 9.88 Å². The number of rotatable bonds is 4. The lowest BCUT2D eigenvalue weighted by Gasteiger charge is -2.36. The third-order valence-electron chi connectivity index (χ3n) is 4.83. The maximum atomic E-state index is 11.9. The summed E-state index contributed by atoms with van der Waals surface area (Å²) in [6.45, 7) is 8.98. The second-order valence-electron chi connectivity index (χ2n) is 6.68. The van der Waals surface area contributed by atoms with Gasteiger partial charge in [-0.05, 0) is 31.5 Å². The van der Waals surface area contributed by atoms with Crippen molar-refractivity contribution in [1.82, 2.24) is 14.9 Å². The average Bonchev–Trinajstić information content (AvgIpc) is 2.65. The lowest BCUT2D eigenvalue weighted by Crippen LogP contribution is -2.49. The zero-order valence-corrected chi connectivity index (χ0v) is 16.4. The molecule has 1 fully saturated rings. The Kier molecular flexibility index (Phi) is 5.77. The Hall–Kier alpha value is -2.14. The molecule has 1 aliphatic rings. The molecule has 1 saturated heterocycles. The maximum absolute atomic E-state index is 11.9. The molecule has 26 heavy (non-hydrogen) atoms. The first-order valence-electron chi connectivity index (χ1n) is 9.09. The fourth-order valence-electron chi connectivity index (χ4n) is 3.38. The van der Waals surface area contributed by atoms with E-state index < -0.39 is 0 Å². The van der Waals surface area contributed by atoms with Gasteiger partial charge in [0.25, 0.3) is 0 Å². The Balaban J connectivity index is 1.85. The van der Waals surface area contributed by atoms with Crippen LogP contribution < -0.4 is 4.90 Å². The summed E-state index contributed by atoms with van der Waals surface area (Å²) in [5, 5.41) is 0.738. The second kappa shape index (κ2) is 8.04. The molecule has 138 valence electrons. The maximum Gasteiger partial charge on any atom is 0.222 e. The van der Waals surface area contributed by atoms with E-state index >= 15 is 0 Å². The van der Waals surface area contributed by atoms with E-state index in [1.165, 1.54) is 5.56 Å². The van der Waals surface area contributed by atoms with Crippen molar-refractivity contribution in [3.8, 4) is 0 Å². The molecule has 0 spiro atoms. The molecule has 3 rings (SSSR count). The van der Waals surface area contributed by atoms with Gasteiger partial charge in [-0.2, -0.15) is 0 Å². The summed E-state index contributed by atoms with van der Waals surface area (Å²) in [5.74, 6) is 2.00. The predicted molar refractivity (Wildman–Crippen MR) is 105 cm³/mol. The van der Waals surface area contributed by atoms with E-state index in [4.69, 9.17) is 16.6 Å². The van der Waals surface area contributed by atoms with Crippen molar-refractivity contribution in [2.75, 3.05) is 31.1 Å². The number of nitrogens with zero attached hydrogens (tertiary/aromatic N) is 4. The van der Waals surface area contributed by atoms with E-state index in [-0.39, 0.29) is 5.91 Å². The lowest BCUT2D eigenvalue weighted by atomic mass is 10.0. The van der Waals surface area contributed by atoms with Crippen molar-refractivity contribution in [1.29, 1.82) is 0 Å². The number of aryl methyl sites for hydroxylation is 2. The highest BCUT2D eigenvalue weighted by atomic mass is 35.5. The third-order valence-corrected chi connectivity index (χ3v) is 5.08. The van der Waals surface area contributed by atoms with Gasteiger partial charge in [-0.25, -0.2) is 9.97 Å². The SMILES string of the molecule is CCC(=O)N1CCN(c2nc(C)nc(C)c2Cc2ccc(Cl)cc2)CC1. The summed E-state index contributed by atoms with van der Waals surface area (Å²) in [6.07, 6.45) is 1.33. The molecule has 2 aromatic rings. The topological polar surface area (TPSA) is 49.3 Å². The van der Waals surface area contributed by atoms with Crippen LogP contribution in [-0.2, 0) is 11.2 Å². The third kappa shape index (κ3) is 4.15. The number of carbonyl (C=O) groups is 1. The van der Waals surface area contributed by atoms with Crippen molar-refractivity contribution in [2.45, 2.75) is 33.6 Å². The van der Waals surface area contributed by atoms with Gasteiger partial charge in [-0.15, -0.1) is 0 Å². The van der Waals surface area contributed by atoms with E-state index in [0.717, 1.165) is 60.5 Å². The molecule has 1 aromatic carbocycles. The zero-order chi connectivity index (χ0) is 18.7. The molecular formula is C20H25ClN4O. The van der Waals surface area contributed by atoms with Crippen LogP contribution >= 0.6 is 11.6 Å². The van der Waals surface area contributed by atoms with Crippen molar-refractivity contribution in [3.05, 3.63) is 51.9 Å². The molecule has 0 bridgehead atoms. The van der Waals surface area contributed by atoms with Crippen molar-refractivity contribution >= 4 is 23.3 Å². The van der Waals surface area contributed by atoms with E-state index in [1.54, 1.807) is 0 Å². The van der Waals surface area contributed by atoms with Crippen LogP contribution in [0.4, 0.5) is 5.82 Å². The molecule has 1 aliphatic heterocycles. The molecule has 0 radical (unpaired) electrons. The van der Waals surface area contributed by atoms with Gasteiger partial charge < -0.3 is 9.80 Å². The fourth-order valence-corrected chi connectivity index (χ4v) is 3.51. The largest absolute Gasteiger partial charge is 0.353 e. The molecule has 6 heteroatoms. The second-order valence-corrected chi connectivity index (χ2v) is 7.12. The minimum absolute atomic E-state index is 0.223. The van der Waals surface area contributed by atoms with Gasteiger partial charge in [-0.1, -0.05) is 30.7 Å². The first-order valence-corrected chi connectivity index (χ1v) is 9.47. The van der Waals surface area contributed by atoms with Gasteiger partial charge >= 0.3 is 0 Å². The number of halogens is 1. The van der Waals surface area contributed by atoms with Crippen molar-refractivity contribution in [3.63, 3.8) is 0 Å². The van der Waals surface area contributed by atoms with Crippen LogP contribution in [0.2, 0.25) is 5.02 Å². The minimum Gasteiger partial charge on any atom is -0.353 e. The van der Waals surface area contributed by atoms with Crippen LogP contribution in [0.15, 0.2) is 24.3 Å². The Morgan fingerprint density at radius 1 is 1.08 bits per heavy atom. The Bertz CT molecular complexity index is 783. The number of amides is 1. The lowest BCUT2D eigenvalue weighted by molar-refractivity contribution is -0.131. The van der Waals surface area contributed by atoms with Gasteiger partial charge in [0.1, 0.15) is 11.6 Å². The highest BCUT2D eigenvalue weighted by Gasteiger charge is 2.24. The molecule has 1 aromatic heterocycles. The predicted octanol–water partition coefficient (Wildman–Crippen LogP) is 3.40. The van der Waals surface area contributed by atoms with E-state index in [0.29, 0.717) is 6.42 Å². The van der Waals surface area contributed by atoms with Gasteiger partial charge in [0.2, 0.25) is 5.91 Å². The number of aromatic nitrogens is 2. The van der Waals surface area contributed by atoms with Crippen LogP contribution in [0.1, 0.15) is 36.0 Å². The van der Waals surface area contributed by atoms with Crippen LogP contribution in [0.5, 0.6) is 0 Å². The Morgan fingerprint density at radius 2 is 1.73 bits per heavy atom. The Morgan fingerprint density at radius 3 is 2.35 bits per heavy atom. The summed E-state index contributed by atoms with van der Waals surface area (Å²) >= 11 is 6.01. The number of piperazine rings is 1. The summed E-state index contributed by atoms with van der Waals surface area (Å²) < 4.78 is 0. The van der Waals surface area contributed by atoms with Crippen molar-refractivity contribution < 1.29 is 4.79 Å². The average molecular weight is 373 g/mol. The monoisotopic (exact) mass is 372 g/mol. The minimum atomic E-state index is 0.223. The van der Waals surface area contributed by atoms with Gasteiger partial charge in [-0.3, -0.25) is 4.79 Å². The number of hydrogen-bond donors (Lipinski definition) is 0. The van der Waals surface area contributed by atoms with E-state index in [1.807, 2.05) is 49.9 Å². The molecule has 2 heterocycles. The summed E-state index contributed by atoms with van der Waals surface area (Å²) in [7, 11) is 0. The smallest absolute Gasteiger partial charge is 0.222 e. The normalized spacial score (nSPS) is 14.6. The molecule has 0 saturated carbocycles. The van der Waals surface area contributed by atoms with Crippen LogP contribution in [0, 0.1) is 13.8 Å². The van der Waals surface area contributed by atoms with Crippen LogP contribution in [0.3, 0.4) is 0 Å². The van der Waals surface area contributed by atoms with Crippen LogP contribution in [0.25, 0.3) is 0 Å². The molecular weight excluding hydrogens is 348 g/mol. The quantitative estimate of drug-likeness (QED) is 0.825. The molecule has 0 aliphatic carbocycles. The fraction of sp³-hybridized carbons (Fsp3) is 0.450. The highest BCUT2D eigenvalue weighted by molar-refractivity contribution is 6.30. The number of carbonyl (C=O) groups excluding carboxylic acids is 1. The summed E-state index contributed by atoms with van der Waals surface area (Å²) in [5.41, 5.74) is 3.34. The first kappa shape index (κ1) is 18.6. The number of benzene rings is 1. The van der Waals surface area contributed by atoms with Crippen LogP contribution in [-0.4, -0.2) is 47.0 Å². The standard InChI is InChI=1S/C20H25ClN4O/c1-4-19(26)24-9-11-25(12-10-24)20-18(14(2)22-15(3)23-20)13-16-5-7-17(21)8-6-16/h5-8H,4,9-13H2,1-3H3. The first-order chi connectivity index (χ1) is 12.5.